The van der Waals surface area contributed by atoms with Gasteiger partial charge in [0.2, 0.25) is 5.91 Å². The van der Waals surface area contributed by atoms with Gasteiger partial charge in [0.05, 0.1) is 0 Å². The highest BCUT2D eigenvalue weighted by Crippen LogP contribution is 2.04. The Bertz CT molecular complexity index is 265. The van der Waals surface area contributed by atoms with Crippen LogP contribution in [0.25, 0.3) is 0 Å². The lowest BCUT2D eigenvalue weighted by Crippen LogP contribution is -2.31. The molecule has 0 atom stereocenters. The van der Waals surface area contributed by atoms with Crippen molar-refractivity contribution in [3.8, 4) is 0 Å². The van der Waals surface area contributed by atoms with Gasteiger partial charge in [0.1, 0.15) is 0 Å². The monoisotopic (exact) mass is 182 g/mol. The summed E-state index contributed by atoms with van der Waals surface area (Å²) in [7, 11) is 0. The van der Waals surface area contributed by atoms with Crippen molar-refractivity contribution in [1.82, 2.24) is 4.90 Å². The molecule has 0 spiro atoms. The van der Waals surface area contributed by atoms with E-state index in [1.54, 1.807) is 0 Å². The van der Waals surface area contributed by atoms with E-state index in [1.165, 1.54) is 12.2 Å². The lowest BCUT2D eigenvalue weighted by molar-refractivity contribution is -0.137. The molecule has 0 radical (unpaired) electrons. The molecule has 0 aromatic heterocycles. The highest BCUT2D eigenvalue weighted by atomic mass is 16.2. The van der Waals surface area contributed by atoms with E-state index in [0.29, 0.717) is 6.42 Å². The van der Waals surface area contributed by atoms with E-state index in [0.717, 1.165) is 4.90 Å². The van der Waals surface area contributed by atoms with Gasteiger partial charge in [-0.25, -0.2) is 0 Å². The summed E-state index contributed by atoms with van der Waals surface area (Å²) in [6, 6.07) is 0. The standard InChI is InChI=1S/C8H10N2O3/c9-6(11)2-1-5-10-7(12)3-4-8(10)13/h3-4H,1-2,5H2,(H2,9,11). The average molecular weight is 182 g/mol. The van der Waals surface area contributed by atoms with E-state index in [4.69, 9.17) is 5.73 Å². The number of nitrogens with two attached hydrogens (primary N) is 1. The summed E-state index contributed by atoms with van der Waals surface area (Å²) in [4.78, 5) is 33.4. The molecule has 1 rings (SSSR count). The fourth-order valence-corrected chi connectivity index (χ4v) is 1.06. The summed E-state index contributed by atoms with van der Waals surface area (Å²) in [5.41, 5.74) is 4.90. The first-order valence-electron chi connectivity index (χ1n) is 3.93. The Morgan fingerprint density at radius 1 is 1.31 bits per heavy atom. The first-order chi connectivity index (χ1) is 6.11. The van der Waals surface area contributed by atoms with Crippen LogP contribution in [0.5, 0.6) is 0 Å². The Morgan fingerprint density at radius 3 is 2.31 bits per heavy atom. The van der Waals surface area contributed by atoms with Crippen molar-refractivity contribution in [3.05, 3.63) is 12.2 Å². The summed E-state index contributed by atoms with van der Waals surface area (Å²) >= 11 is 0. The molecule has 0 bridgehead atoms. The number of carbonyl (C=O) groups excluding carboxylic acids is 3. The first kappa shape index (κ1) is 9.44. The average Bonchev–Trinajstić information content (AvgIpc) is 2.34. The van der Waals surface area contributed by atoms with E-state index in [1.807, 2.05) is 0 Å². The molecule has 3 amide bonds. The Kier molecular flexibility index (Phi) is 2.79. The summed E-state index contributed by atoms with van der Waals surface area (Å²) in [5, 5.41) is 0. The van der Waals surface area contributed by atoms with Crippen molar-refractivity contribution >= 4 is 17.7 Å². The largest absolute Gasteiger partial charge is 0.370 e. The van der Waals surface area contributed by atoms with E-state index >= 15 is 0 Å². The topological polar surface area (TPSA) is 80.5 Å². The van der Waals surface area contributed by atoms with Crippen molar-refractivity contribution in [3.63, 3.8) is 0 Å². The Labute approximate surface area is 75.2 Å². The molecule has 0 aliphatic carbocycles. The summed E-state index contributed by atoms with van der Waals surface area (Å²) in [6.45, 7) is 0.258. The fraction of sp³-hybridized carbons (Fsp3) is 0.375. The van der Waals surface area contributed by atoms with Crippen LogP contribution in [0.4, 0.5) is 0 Å². The molecule has 13 heavy (non-hydrogen) atoms. The predicted octanol–water partition coefficient (Wildman–Crippen LogP) is -0.823. The number of amides is 3. The van der Waals surface area contributed by atoms with Gasteiger partial charge in [-0.05, 0) is 6.42 Å². The zero-order chi connectivity index (χ0) is 9.84. The molecule has 1 aliphatic rings. The Morgan fingerprint density at radius 2 is 1.85 bits per heavy atom. The van der Waals surface area contributed by atoms with Gasteiger partial charge < -0.3 is 5.73 Å². The van der Waals surface area contributed by atoms with Gasteiger partial charge in [0, 0.05) is 25.1 Å². The zero-order valence-electron chi connectivity index (χ0n) is 7.03. The van der Waals surface area contributed by atoms with Crippen LogP contribution >= 0.6 is 0 Å². The third-order valence-corrected chi connectivity index (χ3v) is 1.71. The summed E-state index contributed by atoms with van der Waals surface area (Å²) < 4.78 is 0. The van der Waals surface area contributed by atoms with Crippen molar-refractivity contribution < 1.29 is 14.4 Å². The second-order valence-corrected chi connectivity index (χ2v) is 2.73. The summed E-state index contributed by atoms with van der Waals surface area (Å²) in [5.74, 6) is -1.07. The number of primary amides is 1. The normalized spacial score (nSPS) is 15.5. The molecule has 1 aliphatic heterocycles. The second-order valence-electron chi connectivity index (χ2n) is 2.73. The second kappa shape index (κ2) is 3.84. The van der Waals surface area contributed by atoms with Crippen LogP contribution in [-0.4, -0.2) is 29.2 Å². The molecule has 0 unspecified atom stereocenters. The number of hydrogen-bond donors (Lipinski definition) is 1. The van der Waals surface area contributed by atoms with Crippen LogP contribution in [0.15, 0.2) is 12.2 Å². The van der Waals surface area contributed by atoms with Crippen LogP contribution in [0, 0.1) is 0 Å². The SMILES string of the molecule is NC(=O)CCCN1C(=O)C=CC1=O. The van der Waals surface area contributed by atoms with Crippen LogP contribution in [0.3, 0.4) is 0 Å². The third kappa shape index (κ3) is 2.40. The minimum Gasteiger partial charge on any atom is -0.370 e. The molecule has 0 saturated heterocycles. The highest BCUT2D eigenvalue weighted by Gasteiger charge is 2.22. The van der Waals surface area contributed by atoms with Crippen molar-refractivity contribution in [2.75, 3.05) is 6.54 Å². The molecule has 70 valence electrons. The smallest absolute Gasteiger partial charge is 0.253 e. The summed E-state index contributed by atoms with van der Waals surface area (Å²) in [6.07, 6.45) is 3.05. The maximum Gasteiger partial charge on any atom is 0.253 e. The van der Waals surface area contributed by atoms with Crippen molar-refractivity contribution in [2.45, 2.75) is 12.8 Å². The van der Waals surface area contributed by atoms with Gasteiger partial charge in [-0.3, -0.25) is 19.3 Å². The third-order valence-electron chi connectivity index (χ3n) is 1.71. The predicted molar refractivity (Wildman–Crippen MR) is 44.3 cm³/mol. The minimum atomic E-state index is -0.424. The molecule has 0 aromatic carbocycles. The van der Waals surface area contributed by atoms with Gasteiger partial charge in [0.25, 0.3) is 11.8 Å². The van der Waals surface area contributed by atoms with Crippen LogP contribution in [0.2, 0.25) is 0 Å². The van der Waals surface area contributed by atoms with E-state index in [-0.39, 0.29) is 24.8 Å². The molecular formula is C8H10N2O3. The van der Waals surface area contributed by atoms with Crippen LogP contribution < -0.4 is 5.73 Å². The zero-order valence-corrected chi connectivity index (χ0v) is 7.03. The van der Waals surface area contributed by atoms with E-state index in [9.17, 15) is 14.4 Å². The fourth-order valence-electron chi connectivity index (χ4n) is 1.06. The first-order valence-corrected chi connectivity index (χ1v) is 3.93. The molecule has 5 nitrogen and oxygen atoms in total. The maximum atomic E-state index is 11.0. The number of rotatable bonds is 4. The quantitative estimate of drug-likeness (QED) is 0.576. The molecule has 0 aromatic rings. The molecule has 0 saturated carbocycles. The molecular weight excluding hydrogens is 172 g/mol. The number of imide groups is 1. The van der Waals surface area contributed by atoms with Gasteiger partial charge in [0.15, 0.2) is 0 Å². The number of nitrogens with zero attached hydrogens (tertiary/aromatic N) is 1. The van der Waals surface area contributed by atoms with Crippen molar-refractivity contribution in [1.29, 1.82) is 0 Å². The van der Waals surface area contributed by atoms with Gasteiger partial charge >= 0.3 is 0 Å². The molecule has 2 N–H and O–H groups in total. The van der Waals surface area contributed by atoms with Crippen LogP contribution in [-0.2, 0) is 14.4 Å². The van der Waals surface area contributed by atoms with E-state index in [2.05, 4.69) is 0 Å². The Hall–Kier alpha value is -1.65. The van der Waals surface area contributed by atoms with Crippen LogP contribution in [0.1, 0.15) is 12.8 Å². The number of carbonyl (C=O) groups is 3. The molecule has 1 heterocycles. The van der Waals surface area contributed by atoms with Gasteiger partial charge in [-0.15, -0.1) is 0 Å². The van der Waals surface area contributed by atoms with Crippen molar-refractivity contribution in [2.24, 2.45) is 5.73 Å². The lowest BCUT2D eigenvalue weighted by Gasteiger charge is -2.12. The Balaban J connectivity index is 2.34. The minimum absolute atomic E-state index is 0.192. The highest BCUT2D eigenvalue weighted by molar-refractivity contribution is 6.12. The van der Waals surface area contributed by atoms with Gasteiger partial charge in [-0.2, -0.15) is 0 Å². The maximum absolute atomic E-state index is 11.0. The molecule has 5 heteroatoms. The lowest BCUT2D eigenvalue weighted by atomic mass is 10.3. The van der Waals surface area contributed by atoms with E-state index < -0.39 is 5.91 Å². The van der Waals surface area contributed by atoms with Gasteiger partial charge in [-0.1, -0.05) is 0 Å². The molecule has 0 fully saturated rings. The number of hydrogen-bond acceptors (Lipinski definition) is 3.